The molecule has 2 aromatic heterocycles. The summed E-state index contributed by atoms with van der Waals surface area (Å²) in [6, 6.07) is 11.2. The predicted octanol–water partition coefficient (Wildman–Crippen LogP) is 3.73. The molecule has 6 nitrogen and oxygen atoms in total. The molecule has 0 bridgehead atoms. The van der Waals surface area contributed by atoms with E-state index in [1.807, 2.05) is 34.5 Å². The lowest BCUT2D eigenvalue weighted by molar-refractivity contribution is -0.137. The van der Waals surface area contributed by atoms with Crippen molar-refractivity contribution in [2.45, 2.75) is 11.1 Å². The van der Waals surface area contributed by atoms with Gasteiger partial charge in [0.25, 0.3) is 0 Å². The predicted molar refractivity (Wildman–Crippen MR) is 108 cm³/mol. The van der Waals surface area contributed by atoms with Crippen LogP contribution < -0.4 is 4.90 Å². The number of anilines is 1. The number of piperazine rings is 1. The highest BCUT2D eigenvalue weighted by Crippen LogP contribution is 2.30. The first-order valence-corrected chi connectivity index (χ1v) is 11.4. The lowest BCUT2D eigenvalue weighted by atomic mass is 10.2. The van der Waals surface area contributed by atoms with Crippen LogP contribution in [0, 0.1) is 0 Å². The van der Waals surface area contributed by atoms with Gasteiger partial charge in [0, 0.05) is 26.2 Å². The number of benzene rings is 1. The number of halogens is 3. The zero-order chi connectivity index (χ0) is 21.4. The van der Waals surface area contributed by atoms with Gasteiger partial charge in [0.05, 0.1) is 15.3 Å². The zero-order valence-corrected chi connectivity index (χ0v) is 17.2. The van der Waals surface area contributed by atoms with Crippen LogP contribution in [0.15, 0.2) is 58.8 Å². The minimum Gasteiger partial charge on any atom is -0.352 e. The van der Waals surface area contributed by atoms with Crippen LogP contribution in [0.1, 0.15) is 5.56 Å². The summed E-state index contributed by atoms with van der Waals surface area (Å²) in [6.07, 6.45) is -4.51. The highest BCUT2D eigenvalue weighted by molar-refractivity contribution is 7.89. The van der Waals surface area contributed by atoms with E-state index in [0.717, 1.165) is 34.8 Å². The highest BCUT2D eigenvalue weighted by atomic mass is 32.2. The van der Waals surface area contributed by atoms with Crippen molar-refractivity contribution >= 4 is 27.2 Å². The molecule has 158 valence electrons. The zero-order valence-electron chi connectivity index (χ0n) is 15.6. The number of sulfonamides is 1. The van der Waals surface area contributed by atoms with E-state index in [-0.39, 0.29) is 18.0 Å². The van der Waals surface area contributed by atoms with Crippen LogP contribution in [-0.4, -0.2) is 49.1 Å². The number of nitrogens with zero attached hydrogens (tertiary/aromatic N) is 4. The molecule has 3 heterocycles. The van der Waals surface area contributed by atoms with E-state index in [1.165, 1.54) is 4.31 Å². The molecule has 1 aromatic carbocycles. The smallest absolute Gasteiger partial charge is 0.352 e. The van der Waals surface area contributed by atoms with E-state index in [2.05, 4.69) is 10.2 Å². The Kier molecular flexibility index (Phi) is 5.51. The monoisotopic (exact) mass is 454 g/mol. The molecule has 1 fully saturated rings. The minimum absolute atomic E-state index is 0.149. The maximum Gasteiger partial charge on any atom is 0.416 e. The van der Waals surface area contributed by atoms with E-state index in [1.54, 1.807) is 11.3 Å². The van der Waals surface area contributed by atoms with E-state index in [0.29, 0.717) is 18.9 Å². The van der Waals surface area contributed by atoms with Gasteiger partial charge in [0.1, 0.15) is 5.69 Å². The molecule has 0 N–H and O–H groups in total. The largest absolute Gasteiger partial charge is 0.416 e. The Bertz CT molecular complexity index is 1090. The maximum absolute atomic E-state index is 12.8. The first-order valence-electron chi connectivity index (χ1n) is 9.05. The summed E-state index contributed by atoms with van der Waals surface area (Å²) >= 11 is 1.57. The summed E-state index contributed by atoms with van der Waals surface area (Å²) in [6.45, 7) is 1.23. The molecular weight excluding hydrogens is 437 g/mol. The van der Waals surface area contributed by atoms with E-state index in [4.69, 9.17) is 0 Å². The molecule has 1 aliphatic heterocycles. The molecule has 30 heavy (non-hydrogen) atoms. The molecule has 11 heteroatoms. The van der Waals surface area contributed by atoms with Gasteiger partial charge in [-0.1, -0.05) is 6.07 Å². The fraction of sp³-hybridized carbons (Fsp3) is 0.263. The van der Waals surface area contributed by atoms with E-state index < -0.39 is 21.8 Å². The SMILES string of the molecule is O=S(=O)(c1ccc(C(F)(F)F)cc1)N1CCN(c2ccc(-c3cccs3)nn2)CC1. The second kappa shape index (κ2) is 7.97. The third-order valence-corrected chi connectivity index (χ3v) is 7.61. The van der Waals surface area contributed by atoms with Crippen molar-refractivity contribution in [2.24, 2.45) is 0 Å². The van der Waals surface area contributed by atoms with Crippen LogP contribution in [0.25, 0.3) is 10.6 Å². The quantitative estimate of drug-likeness (QED) is 0.601. The molecule has 1 saturated heterocycles. The van der Waals surface area contributed by atoms with Crippen LogP contribution in [0.3, 0.4) is 0 Å². The molecule has 1 aliphatic rings. The lowest BCUT2D eigenvalue weighted by Crippen LogP contribution is -2.49. The summed E-state index contributed by atoms with van der Waals surface area (Å²) in [5.74, 6) is 0.655. The summed E-state index contributed by atoms with van der Waals surface area (Å²) < 4.78 is 64.9. The average molecular weight is 454 g/mol. The molecule has 0 aliphatic carbocycles. The number of aromatic nitrogens is 2. The lowest BCUT2D eigenvalue weighted by Gasteiger charge is -2.34. The molecule has 0 saturated carbocycles. The van der Waals surface area contributed by atoms with Crippen molar-refractivity contribution in [3.8, 4) is 10.6 Å². The fourth-order valence-corrected chi connectivity index (χ4v) is 5.28. The van der Waals surface area contributed by atoms with E-state index in [9.17, 15) is 21.6 Å². The third-order valence-electron chi connectivity index (χ3n) is 4.81. The topological polar surface area (TPSA) is 66.4 Å². The number of rotatable bonds is 4. The van der Waals surface area contributed by atoms with Gasteiger partial charge in [0.2, 0.25) is 10.0 Å². The Morgan fingerprint density at radius 2 is 1.60 bits per heavy atom. The van der Waals surface area contributed by atoms with Crippen LogP contribution in [0.4, 0.5) is 19.0 Å². The van der Waals surface area contributed by atoms with Crippen molar-refractivity contribution in [1.82, 2.24) is 14.5 Å². The number of hydrogen-bond donors (Lipinski definition) is 0. The molecule has 0 amide bonds. The third kappa shape index (κ3) is 4.18. The molecule has 3 aromatic rings. The van der Waals surface area contributed by atoms with Crippen molar-refractivity contribution in [3.05, 3.63) is 59.5 Å². The Labute approximate surface area is 175 Å². The Balaban J connectivity index is 1.42. The van der Waals surface area contributed by atoms with Crippen LogP contribution in [0.2, 0.25) is 0 Å². The van der Waals surface area contributed by atoms with Gasteiger partial charge in [-0.15, -0.1) is 21.5 Å². The molecule has 0 unspecified atom stereocenters. The minimum atomic E-state index is -4.51. The molecule has 0 atom stereocenters. The van der Waals surface area contributed by atoms with Crippen molar-refractivity contribution in [1.29, 1.82) is 0 Å². The van der Waals surface area contributed by atoms with Crippen molar-refractivity contribution < 1.29 is 21.6 Å². The number of hydrogen-bond acceptors (Lipinski definition) is 6. The Morgan fingerprint density at radius 1 is 0.900 bits per heavy atom. The van der Waals surface area contributed by atoms with Crippen LogP contribution in [-0.2, 0) is 16.2 Å². The normalized spacial score (nSPS) is 16.0. The molecule has 4 rings (SSSR count). The summed E-state index contributed by atoms with van der Waals surface area (Å²) in [4.78, 5) is 2.80. The Hall–Kier alpha value is -2.50. The fourth-order valence-electron chi connectivity index (χ4n) is 3.17. The average Bonchev–Trinajstić information content (AvgIpc) is 3.28. The standard InChI is InChI=1S/C19H17F3N4O2S2/c20-19(21,22)14-3-5-15(6-4-14)30(27,28)26-11-9-25(10-12-26)18-8-7-16(23-24-18)17-2-1-13-29-17/h1-8,13H,9-12H2. The van der Waals surface area contributed by atoms with Gasteiger partial charge in [-0.05, 0) is 47.8 Å². The maximum atomic E-state index is 12.8. The highest BCUT2D eigenvalue weighted by Gasteiger charge is 2.32. The number of alkyl halides is 3. The Morgan fingerprint density at radius 3 is 2.13 bits per heavy atom. The summed E-state index contributed by atoms with van der Waals surface area (Å²) in [7, 11) is -3.86. The molecule has 0 radical (unpaired) electrons. The first-order chi connectivity index (χ1) is 14.2. The second-order valence-corrected chi connectivity index (χ2v) is 9.55. The van der Waals surface area contributed by atoms with Gasteiger partial charge in [-0.2, -0.15) is 17.5 Å². The molecule has 0 spiro atoms. The van der Waals surface area contributed by atoms with Gasteiger partial charge in [-0.3, -0.25) is 0 Å². The first kappa shape index (κ1) is 20.8. The van der Waals surface area contributed by atoms with Crippen molar-refractivity contribution in [2.75, 3.05) is 31.1 Å². The molecular formula is C19H17F3N4O2S2. The van der Waals surface area contributed by atoms with E-state index >= 15 is 0 Å². The van der Waals surface area contributed by atoms with Gasteiger partial charge in [-0.25, -0.2) is 8.42 Å². The second-order valence-electron chi connectivity index (χ2n) is 6.67. The number of thiophene rings is 1. The van der Waals surface area contributed by atoms with Gasteiger partial charge in [0.15, 0.2) is 5.82 Å². The van der Waals surface area contributed by atoms with Crippen LogP contribution >= 0.6 is 11.3 Å². The van der Waals surface area contributed by atoms with Crippen molar-refractivity contribution in [3.63, 3.8) is 0 Å². The van der Waals surface area contributed by atoms with Gasteiger partial charge >= 0.3 is 6.18 Å². The summed E-state index contributed by atoms with van der Waals surface area (Å²) in [5, 5.41) is 10.4. The summed E-state index contributed by atoms with van der Waals surface area (Å²) in [5.41, 5.74) is -0.104. The van der Waals surface area contributed by atoms with Gasteiger partial charge < -0.3 is 4.90 Å². The van der Waals surface area contributed by atoms with Crippen LogP contribution in [0.5, 0.6) is 0 Å².